The molecule has 92 valence electrons. The second-order valence-corrected chi connectivity index (χ2v) is 3.19. The summed E-state index contributed by atoms with van der Waals surface area (Å²) < 4.78 is 8.21. The number of fused-ring (bicyclic) bond motifs is 2. The molecule has 1 aliphatic rings. The van der Waals surface area contributed by atoms with Crippen molar-refractivity contribution in [3.05, 3.63) is 43.6 Å². The molecule has 1 aliphatic carbocycles. The van der Waals surface area contributed by atoms with Crippen molar-refractivity contribution in [3.63, 3.8) is 0 Å². The first-order valence-electron chi connectivity index (χ1n) is 4.28. The molecular weight excluding hydrogens is 387 g/mol. The third kappa shape index (κ3) is 1.85. The van der Waals surface area contributed by atoms with Gasteiger partial charge < -0.3 is 20.8 Å². The van der Waals surface area contributed by atoms with Crippen LogP contribution in [-0.2, 0) is 0 Å². The number of ketones is 1. The summed E-state index contributed by atoms with van der Waals surface area (Å²) in [4.78, 5) is 10.2. The summed E-state index contributed by atoms with van der Waals surface area (Å²) in [6.45, 7) is 0. The Morgan fingerprint density at radius 2 is 1.42 bits per heavy atom. The standard InChI is InChI=1S/C6N5O7.Cs/c12-6-4-1(7-17-10(4)15)3(9(13)14)2-5(6)11(16)18-8-2;/q-1;+1. The molecule has 2 heterocycles. The van der Waals surface area contributed by atoms with Crippen LogP contribution in [-0.4, -0.2) is 26.7 Å². The van der Waals surface area contributed by atoms with Gasteiger partial charge in [0.25, 0.3) is 17.2 Å². The maximum atomic E-state index is 11.8. The van der Waals surface area contributed by atoms with Crippen molar-refractivity contribution in [2.45, 2.75) is 0 Å². The largest absolute Gasteiger partial charge is 1.00 e. The van der Waals surface area contributed by atoms with Crippen molar-refractivity contribution in [1.82, 2.24) is 10.3 Å². The first kappa shape index (κ1) is 14.3. The van der Waals surface area contributed by atoms with Crippen LogP contribution in [0.5, 0.6) is 0 Å². The number of hydrogen-bond acceptors (Lipinski definition) is 9. The minimum absolute atomic E-state index is 0. The molecule has 0 atom stereocenters. The summed E-state index contributed by atoms with van der Waals surface area (Å²) in [5.41, 5.74) is -3.52. The molecule has 0 saturated carbocycles. The van der Waals surface area contributed by atoms with Crippen LogP contribution in [0, 0.1) is 20.8 Å². The van der Waals surface area contributed by atoms with E-state index < -0.39 is 39.2 Å². The Labute approximate surface area is 160 Å². The van der Waals surface area contributed by atoms with E-state index in [-0.39, 0.29) is 78.7 Å². The van der Waals surface area contributed by atoms with Crippen LogP contribution >= 0.6 is 0 Å². The molecule has 2 aromatic heterocycles. The first-order chi connectivity index (χ1) is 8.52. The molecule has 0 spiro atoms. The number of nitrogens with zero attached hydrogens (tertiary/aromatic N) is 5. The predicted molar refractivity (Wildman–Crippen MR) is 44.6 cm³/mol. The van der Waals surface area contributed by atoms with Crippen LogP contribution in [0.15, 0.2) is 9.26 Å². The van der Waals surface area contributed by atoms with E-state index >= 15 is 0 Å². The fourth-order valence-corrected chi connectivity index (χ4v) is 1.59. The van der Waals surface area contributed by atoms with E-state index in [1.807, 2.05) is 0 Å². The summed E-state index contributed by atoms with van der Waals surface area (Å²) in [6.07, 6.45) is 0. The number of aromatic nitrogens is 4. The maximum Gasteiger partial charge on any atom is 1.00 e. The summed E-state index contributed by atoms with van der Waals surface area (Å²) in [7, 11) is 0. The Bertz CT molecular complexity index is 661. The predicted octanol–water partition coefficient (Wildman–Crippen LogP) is -5.68. The van der Waals surface area contributed by atoms with E-state index in [2.05, 4.69) is 19.6 Å². The number of carbonyl (C=O) groups is 1. The molecule has 0 unspecified atom stereocenters. The van der Waals surface area contributed by atoms with E-state index in [1.54, 1.807) is 0 Å². The van der Waals surface area contributed by atoms with E-state index in [0.29, 0.717) is 0 Å². The van der Waals surface area contributed by atoms with Crippen LogP contribution in [0.4, 0.5) is 0 Å². The monoisotopic (exact) mass is 387 g/mol. The molecule has 0 bridgehead atoms. The summed E-state index contributed by atoms with van der Waals surface area (Å²) in [5.74, 6) is -1.11. The van der Waals surface area contributed by atoms with E-state index in [0.717, 1.165) is 0 Å². The van der Waals surface area contributed by atoms with Gasteiger partial charge in [-0.1, -0.05) is 0 Å². The van der Waals surface area contributed by atoms with Gasteiger partial charge in [-0.05, 0) is 9.81 Å². The van der Waals surface area contributed by atoms with Crippen molar-refractivity contribution >= 4 is 11.5 Å². The van der Waals surface area contributed by atoms with Crippen molar-refractivity contribution in [2.24, 2.45) is 0 Å². The number of hydrogen-bond donors (Lipinski definition) is 0. The van der Waals surface area contributed by atoms with Gasteiger partial charge in [0, 0.05) is 0 Å². The normalized spacial score (nSPS) is 12.6. The molecule has 0 fully saturated rings. The Hall–Kier alpha value is -1.13. The fourth-order valence-electron chi connectivity index (χ4n) is 1.59. The van der Waals surface area contributed by atoms with Gasteiger partial charge in [0.05, 0.1) is 10.3 Å². The average Bonchev–Trinajstić information content (AvgIpc) is 2.84. The molecule has 0 aliphatic heterocycles. The minimum atomic E-state index is -1.11. The van der Waals surface area contributed by atoms with Gasteiger partial charge in [0.1, 0.15) is 0 Å². The minimum Gasteiger partial charge on any atom is -0.612 e. The summed E-state index contributed by atoms with van der Waals surface area (Å²) >= 11 is 0. The van der Waals surface area contributed by atoms with Crippen molar-refractivity contribution in [3.8, 4) is 0 Å². The SMILES string of the molecule is O=C1c2c(no[n+]2[O-])C(=[N+]([O-])[O-])c2no[n+]([O-])c21.[Cs+]. The molecule has 0 aromatic carbocycles. The Kier molecular flexibility index (Phi) is 3.58. The molecule has 3 rings (SSSR count). The van der Waals surface area contributed by atoms with E-state index in [1.165, 1.54) is 0 Å². The zero-order valence-corrected chi connectivity index (χ0v) is 15.4. The van der Waals surface area contributed by atoms with Crippen molar-refractivity contribution in [2.75, 3.05) is 0 Å². The van der Waals surface area contributed by atoms with Crippen LogP contribution in [0.25, 0.3) is 0 Å². The summed E-state index contributed by atoms with van der Waals surface area (Å²) in [6, 6.07) is 0. The average molecular weight is 387 g/mol. The zero-order chi connectivity index (χ0) is 13.0. The maximum absolute atomic E-state index is 11.8. The first-order valence-corrected chi connectivity index (χ1v) is 4.28. The van der Waals surface area contributed by atoms with E-state index in [9.17, 15) is 25.6 Å². The summed E-state index contributed by atoms with van der Waals surface area (Å²) in [5, 5.41) is 50.3. The molecule has 0 N–H and O–H groups in total. The Morgan fingerprint density at radius 1 is 1.00 bits per heavy atom. The van der Waals surface area contributed by atoms with Gasteiger partial charge in [-0.2, -0.15) is 4.90 Å². The molecular formula is C6CsN5O7. The third-order valence-electron chi connectivity index (χ3n) is 2.29. The van der Waals surface area contributed by atoms with Gasteiger partial charge in [0.15, 0.2) is 0 Å². The second kappa shape index (κ2) is 4.76. The molecule has 0 radical (unpaired) electrons. The molecule has 0 amide bonds. The zero-order valence-electron chi connectivity index (χ0n) is 9.09. The van der Waals surface area contributed by atoms with Crippen LogP contribution in [0.2, 0.25) is 0 Å². The smallest absolute Gasteiger partial charge is 0.612 e. The molecule has 19 heavy (non-hydrogen) atoms. The van der Waals surface area contributed by atoms with Gasteiger partial charge in [-0.25, -0.2) is 0 Å². The number of carbonyl (C=O) groups excluding carboxylic acids is 1. The second-order valence-electron chi connectivity index (χ2n) is 3.19. The molecule has 13 heteroatoms. The topological polar surface area (TPSA) is 172 Å². The van der Waals surface area contributed by atoms with Crippen LogP contribution < -0.4 is 78.7 Å². The van der Waals surface area contributed by atoms with Gasteiger partial charge in [-0.3, -0.25) is 14.1 Å². The fraction of sp³-hybridized carbons (Fsp3) is 0. The van der Waals surface area contributed by atoms with Crippen LogP contribution in [0.1, 0.15) is 27.6 Å². The third-order valence-corrected chi connectivity index (χ3v) is 2.29. The van der Waals surface area contributed by atoms with Gasteiger partial charge in [0.2, 0.25) is 0 Å². The van der Waals surface area contributed by atoms with E-state index in [4.69, 9.17) is 0 Å². The molecule has 0 saturated heterocycles. The van der Waals surface area contributed by atoms with Crippen LogP contribution in [0.3, 0.4) is 0 Å². The Balaban J connectivity index is 0.00000133. The van der Waals surface area contributed by atoms with Crippen molar-refractivity contribution in [1.29, 1.82) is 0 Å². The quantitative estimate of drug-likeness (QED) is 0.269. The number of rotatable bonds is 0. The van der Waals surface area contributed by atoms with Crippen molar-refractivity contribution < 1.29 is 97.7 Å². The Morgan fingerprint density at radius 3 is 1.79 bits per heavy atom. The van der Waals surface area contributed by atoms with Gasteiger partial charge in [-0.15, -0.1) is 0 Å². The molecule has 2 aromatic rings. The molecule has 12 nitrogen and oxygen atoms in total. The van der Waals surface area contributed by atoms with Gasteiger partial charge >= 0.3 is 86.0 Å².